The molecule has 4 heteroatoms. The van der Waals surface area contributed by atoms with E-state index in [2.05, 4.69) is 16.8 Å². The van der Waals surface area contributed by atoms with E-state index in [9.17, 15) is 4.79 Å². The first kappa shape index (κ1) is 13.0. The Hall–Kier alpha value is -1.42. The number of carboxylic acid groups (broad SMARTS) is 1. The van der Waals surface area contributed by atoms with Gasteiger partial charge in [0.25, 0.3) is 0 Å². The van der Waals surface area contributed by atoms with Gasteiger partial charge in [-0.1, -0.05) is 19.8 Å². The van der Waals surface area contributed by atoms with Crippen molar-refractivity contribution in [1.82, 2.24) is 9.88 Å². The smallest absolute Gasteiger partial charge is 0.354 e. The molecule has 18 heavy (non-hydrogen) atoms. The molecule has 0 amide bonds. The number of rotatable bonds is 5. The minimum Gasteiger partial charge on any atom is -0.477 e. The molecule has 1 aliphatic rings. The first-order chi connectivity index (χ1) is 8.70. The molecule has 1 aliphatic carbocycles. The zero-order valence-corrected chi connectivity index (χ0v) is 10.8. The van der Waals surface area contributed by atoms with Crippen molar-refractivity contribution in [2.24, 2.45) is 0 Å². The highest BCUT2D eigenvalue weighted by Crippen LogP contribution is 2.24. The average molecular weight is 248 g/mol. The van der Waals surface area contributed by atoms with Crippen LogP contribution in [-0.4, -0.2) is 33.5 Å². The summed E-state index contributed by atoms with van der Waals surface area (Å²) >= 11 is 0. The fraction of sp³-hybridized carbons (Fsp3) is 0.571. The van der Waals surface area contributed by atoms with E-state index in [0.29, 0.717) is 6.04 Å². The highest BCUT2D eigenvalue weighted by atomic mass is 16.4. The summed E-state index contributed by atoms with van der Waals surface area (Å²) in [6, 6.07) is 4.25. The number of hydrogen-bond acceptors (Lipinski definition) is 3. The van der Waals surface area contributed by atoms with Crippen LogP contribution in [-0.2, 0) is 6.54 Å². The monoisotopic (exact) mass is 248 g/mol. The van der Waals surface area contributed by atoms with E-state index < -0.39 is 5.97 Å². The minimum atomic E-state index is -0.958. The van der Waals surface area contributed by atoms with Crippen molar-refractivity contribution in [2.75, 3.05) is 6.54 Å². The lowest BCUT2D eigenvalue weighted by Crippen LogP contribution is -2.32. The zero-order valence-electron chi connectivity index (χ0n) is 10.8. The van der Waals surface area contributed by atoms with E-state index in [0.717, 1.165) is 18.7 Å². The van der Waals surface area contributed by atoms with E-state index >= 15 is 0 Å². The van der Waals surface area contributed by atoms with E-state index in [-0.39, 0.29) is 5.69 Å². The fourth-order valence-electron chi connectivity index (χ4n) is 2.69. The molecule has 1 aromatic heterocycles. The maximum Gasteiger partial charge on any atom is 0.354 e. The number of hydrogen-bond donors (Lipinski definition) is 1. The molecule has 98 valence electrons. The van der Waals surface area contributed by atoms with Gasteiger partial charge in [-0.2, -0.15) is 0 Å². The first-order valence-corrected chi connectivity index (χ1v) is 6.63. The summed E-state index contributed by atoms with van der Waals surface area (Å²) in [5.74, 6) is -0.958. The Labute approximate surface area is 108 Å². The van der Waals surface area contributed by atoms with Crippen LogP contribution >= 0.6 is 0 Å². The minimum absolute atomic E-state index is 0.134. The predicted molar refractivity (Wildman–Crippen MR) is 69.5 cm³/mol. The van der Waals surface area contributed by atoms with Crippen LogP contribution in [0.15, 0.2) is 18.3 Å². The molecule has 0 aromatic carbocycles. The molecular weight excluding hydrogens is 228 g/mol. The lowest BCUT2D eigenvalue weighted by molar-refractivity contribution is 0.0690. The Bertz CT molecular complexity index is 414. The van der Waals surface area contributed by atoms with Crippen LogP contribution in [0.4, 0.5) is 0 Å². The quantitative estimate of drug-likeness (QED) is 0.870. The average Bonchev–Trinajstić information content (AvgIpc) is 2.90. The lowest BCUT2D eigenvalue weighted by Gasteiger charge is -2.27. The third kappa shape index (κ3) is 3.07. The van der Waals surface area contributed by atoms with Gasteiger partial charge in [-0.05, 0) is 37.1 Å². The van der Waals surface area contributed by atoms with Crippen molar-refractivity contribution >= 4 is 5.97 Å². The molecule has 2 rings (SSSR count). The molecule has 1 N–H and O–H groups in total. The van der Waals surface area contributed by atoms with Crippen molar-refractivity contribution in [3.8, 4) is 0 Å². The van der Waals surface area contributed by atoms with Gasteiger partial charge in [0.05, 0.1) is 0 Å². The molecule has 1 heterocycles. The van der Waals surface area contributed by atoms with Crippen LogP contribution in [0.1, 0.15) is 48.7 Å². The summed E-state index contributed by atoms with van der Waals surface area (Å²) in [4.78, 5) is 17.2. The molecule has 0 aliphatic heterocycles. The Kier molecular flexibility index (Phi) is 4.31. The Morgan fingerprint density at radius 2 is 2.22 bits per heavy atom. The second kappa shape index (κ2) is 5.96. The summed E-state index contributed by atoms with van der Waals surface area (Å²) in [5.41, 5.74) is 1.17. The maximum atomic E-state index is 10.9. The summed E-state index contributed by atoms with van der Waals surface area (Å²) in [5, 5.41) is 8.94. The summed E-state index contributed by atoms with van der Waals surface area (Å²) in [6.07, 6.45) is 6.76. The van der Waals surface area contributed by atoms with Crippen LogP contribution in [0.5, 0.6) is 0 Å². The highest BCUT2D eigenvalue weighted by molar-refractivity contribution is 5.85. The van der Waals surface area contributed by atoms with E-state index in [1.54, 1.807) is 12.3 Å². The van der Waals surface area contributed by atoms with Crippen LogP contribution < -0.4 is 0 Å². The molecule has 0 saturated heterocycles. The molecule has 4 nitrogen and oxygen atoms in total. The van der Waals surface area contributed by atoms with Crippen LogP contribution in [0.2, 0.25) is 0 Å². The third-order valence-corrected chi connectivity index (χ3v) is 3.68. The summed E-state index contributed by atoms with van der Waals surface area (Å²) in [6.45, 7) is 4.00. The molecule has 1 saturated carbocycles. The number of carbonyl (C=O) groups is 1. The second-order valence-corrected chi connectivity index (χ2v) is 4.86. The van der Waals surface area contributed by atoms with Crippen molar-refractivity contribution in [3.63, 3.8) is 0 Å². The molecule has 0 atom stereocenters. The largest absolute Gasteiger partial charge is 0.477 e. The van der Waals surface area contributed by atoms with Crippen LogP contribution in [0, 0.1) is 0 Å². The van der Waals surface area contributed by atoms with Crippen molar-refractivity contribution in [2.45, 2.75) is 45.2 Å². The van der Waals surface area contributed by atoms with Gasteiger partial charge < -0.3 is 5.11 Å². The van der Waals surface area contributed by atoms with Gasteiger partial charge in [0.2, 0.25) is 0 Å². The first-order valence-electron chi connectivity index (χ1n) is 6.63. The van der Waals surface area contributed by atoms with Gasteiger partial charge in [-0.3, -0.25) is 4.90 Å². The summed E-state index contributed by atoms with van der Waals surface area (Å²) < 4.78 is 0. The zero-order chi connectivity index (χ0) is 13.0. The molecule has 1 aromatic rings. The fourth-order valence-corrected chi connectivity index (χ4v) is 2.69. The van der Waals surface area contributed by atoms with E-state index in [1.807, 2.05) is 6.07 Å². The van der Waals surface area contributed by atoms with Gasteiger partial charge >= 0.3 is 5.97 Å². The van der Waals surface area contributed by atoms with Crippen molar-refractivity contribution in [1.29, 1.82) is 0 Å². The third-order valence-electron chi connectivity index (χ3n) is 3.68. The molecule has 0 spiro atoms. The van der Waals surface area contributed by atoms with E-state index in [1.165, 1.54) is 25.7 Å². The number of nitrogens with zero attached hydrogens (tertiary/aromatic N) is 2. The SMILES string of the molecule is CCN(Cc1ccnc(C(=O)O)c1)C1CCCC1. The Morgan fingerprint density at radius 3 is 2.83 bits per heavy atom. The van der Waals surface area contributed by atoms with Gasteiger partial charge in [0.15, 0.2) is 0 Å². The van der Waals surface area contributed by atoms with Gasteiger partial charge in [-0.15, -0.1) is 0 Å². The van der Waals surface area contributed by atoms with Gasteiger partial charge in [-0.25, -0.2) is 9.78 Å². The van der Waals surface area contributed by atoms with Crippen LogP contribution in [0.25, 0.3) is 0 Å². The molecule has 0 radical (unpaired) electrons. The Morgan fingerprint density at radius 1 is 1.50 bits per heavy atom. The number of aromatic nitrogens is 1. The molecule has 0 bridgehead atoms. The normalized spacial score (nSPS) is 16.3. The molecular formula is C14H20N2O2. The number of carboxylic acids is 1. The molecule has 1 fully saturated rings. The summed E-state index contributed by atoms with van der Waals surface area (Å²) in [7, 11) is 0. The lowest BCUT2D eigenvalue weighted by atomic mass is 10.1. The highest BCUT2D eigenvalue weighted by Gasteiger charge is 2.21. The van der Waals surface area contributed by atoms with Crippen LogP contribution in [0.3, 0.4) is 0 Å². The number of aromatic carboxylic acids is 1. The second-order valence-electron chi connectivity index (χ2n) is 4.86. The van der Waals surface area contributed by atoms with Gasteiger partial charge in [0, 0.05) is 18.8 Å². The Balaban J connectivity index is 2.06. The maximum absolute atomic E-state index is 10.9. The standard InChI is InChI=1S/C14H20N2O2/c1-2-16(12-5-3-4-6-12)10-11-7-8-15-13(9-11)14(17)18/h7-9,12H,2-6,10H2,1H3,(H,17,18). The van der Waals surface area contributed by atoms with Crippen molar-refractivity contribution < 1.29 is 9.90 Å². The van der Waals surface area contributed by atoms with E-state index in [4.69, 9.17) is 5.11 Å². The molecule has 0 unspecified atom stereocenters. The predicted octanol–water partition coefficient (Wildman–Crippen LogP) is 2.54. The van der Waals surface area contributed by atoms with Gasteiger partial charge in [0.1, 0.15) is 5.69 Å². The number of pyridine rings is 1. The van der Waals surface area contributed by atoms with Crippen molar-refractivity contribution in [3.05, 3.63) is 29.6 Å². The topological polar surface area (TPSA) is 53.4 Å².